The summed E-state index contributed by atoms with van der Waals surface area (Å²) in [4.78, 5) is 31.0. The second-order valence-electron chi connectivity index (χ2n) is 10.5. The first-order valence-corrected chi connectivity index (χ1v) is 15.2. The highest BCUT2D eigenvalue weighted by molar-refractivity contribution is 7.99. The number of urea groups is 1. The molecule has 1 aliphatic rings. The van der Waals surface area contributed by atoms with Crippen LogP contribution in [-0.2, 0) is 22.5 Å². The number of carbonyl (C=O) groups is 2. The van der Waals surface area contributed by atoms with Gasteiger partial charge in [-0.3, -0.25) is 0 Å². The average molecular weight is 593 g/mol. The molecule has 0 saturated heterocycles. The SMILES string of the molecule is CCOC(=O)C1=C(CSc2nnc3c4ccccc4n(CCc4ccccc4)c3n2)NC(=O)N[C@H]1c1cc(C)ccc1C. The molecule has 0 bridgehead atoms. The second-order valence-corrected chi connectivity index (χ2v) is 11.4. The maximum Gasteiger partial charge on any atom is 0.338 e. The Kier molecular flexibility index (Phi) is 8.11. The Morgan fingerprint density at radius 1 is 1.02 bits per heavy atom. The van der Waals surface area contributed by atoms with E-state index in [9.17, 15) is 9.59 Å². The highest BCUT2D eigenvalue weighted by Crippen LogP contribution is 2.33. The molecule has 6 rings (SSSR count). The van der Waals surface area contributed by atoms with Gasteiger partial charge in [-0.15, -0.1) is 10.2 Å². The van der Waals surface area contributed by atoms with Crippen molar-refractivity contribution < 1.29 is 14.3 Å². The van der Waals surface area contributed by atoms with Crippen molar-refractivity contribution in [3.8, 4) is 0 Å². The van der Waals surface area contributed by atoms with Crippen molar-refractivity contribution in [2.24, 2.45) is 0 Å². The number of hydrogen-bond acceptors (Lipinski definition) is 7. The Hall–Kier alpha value is -4.70. The number of ether oxygens (including phenoxy) is 1. The average Bonchev–Trinajstić information content (AvgIpc) is 3.33. The lowest BCUT2D eigenvalue weighted by atomic mass is 9.91. The van der Waals surface area contributed by atoms with Crippen molar-refractivity contribution >= 4 is 45.8 Å². The number of esters is 1. The molecule has 0 spiro atoms. The van der Waals surface area contributed by atoms with E-state index >= 15 is 0 Å². The molecule has 0 aliphatic carbocycles. The summed E-state index contributed by atoms with van der Waals surface area (Å²) in [6.45, 7) is 6.66. The van der Waals surface area contributed by atoms with Crippen molar-refractivity contribution in [3.63, 3.8) is 0 Å². The van der Waals surface area contributed by atoms with Crippen LogP contribution in [0.1, 0.15) is 35.2 Å². The molecule has 1 atom stereocenters. The van der Waals surface area contributed by atoms with Gasteiger partial charge in [0, 0.05) is 23.4 Å². The number of carbonyl (C=O) groups excluding carboxylic acids is 2. The highest BCUT2D eigenvalue weighted by Gasteiger charge is 2.34. The van der Waals surface area contributed by atoms with Gasteiger partial charge >= 0.3 is 12.0 Å². The first-order chi connectivity index (χ1) is 20.9. The van der Waals surface area contributed by atoms with Crippen LogP contribution in [0.25, 0.3) is 22.1 Å². The number of amides is 2. The lowest BCUT2D eigenvalue weighted by molar-refractivity contribution is -0.139. The van der Waals surface area contributed by atoms with Crippen molar-refractivity contribution in [1.82, 2.24) is 30.4 Å². The van der Waals surface area contributed by atoms with Gasteiger partial charge in [-0.05, 0) is 49.9 Å². The first kappa shape index (κ1) is 28.4. The van der Waals surface area contributed by atoms with Crippen LogP contribution in [0.5, 0.6) is 0 Å². The minimum absolute atomic E-state index is 0.216. The minimum Gasteiger partial charge on any atom is -0.463 e. The van der Waals surface area contributed by atoms with Crippen LogP contribution in [0.4, 0.5) is 4.79 Å². The molecule has 0 saturated carbocycles. The van der Waals surface area contributed by atoms with Gasteiger partial charge in [0.1, 0.15) is 5.52 Å². The zero-order chi connectivity index (χ0) is 29.9. The predicted octanol–water partition coefficient (Wildman–Crippen LogP) is 5.80. The van der Waals surface area contributed by atoms with E-state index < -0.39 is 12.0 Å². The van der Waals surface area contributed by atoms with Crippen molar-refractivity contribution in [1.29, 1.82) is 0 Å². The van der Waals surface area contributed by atoms with Gasteiger partial charge in [-0.25, -0.2) is 14.6 Å². The molecule has 5 aromatic rings. The van der Waals surface area contributed by atoms with Crippen LogP contribution >= 0.6 is 11.8 Å². The third-order valence-electron chi connectivity index (χ3n) is 7.56. The van der Waals surface area contributed by atoms with Crippen LogP contribution in [0.2, 0.25) is 0 Å². The highest BCUT2D eigenvalue weighted by atomic mass is 32.2. The van der Waals surface area contributed by atoms with E-state index in [1.807, 2.05) is 68.4 Å². The predicted molar refractivity (Wildman–Crippen MR) is 168 cm³/mol. The number of rotatable bonds is 9. The number of fused-ring (bicyclic) bond motifs is 3. The Labute approximate surface area is 253 Å². The molecule has 2 aromatic heterocycles. The van der Waals surface area contributed by atoms with Gasteiger partial charge in [0.05, 0.1) is 23.7 Å². The number of aryl methyl sites for hydroxylation is 4. The number of benzene rings is 3. The van der Waals surface area contributed by atoms with Gasteiger partial charge in [0.25, 0.3) is 0 Å². The van der Waals surface area contributed by atoms with Crippen LogP contribution in [-0.4, -0.2) is 44.1 Å². The maximum atomic E-state index is 13.3. The topological polar surface area (TPSA) is 111 Å². The minimum atomic E-state index is -0.648. The third-order valence-corrected chi connectivity index (χ3v) is 8.43. The molecule has 9 nitrogen and oxygen atoms in total. The van der Waals surface area contributed by atoms with Crippen molar-refractivity contribution in [3.05, 3.63) is 106 Å². The summed E-state index contributed by atoms with van der Waals surface area (Å²) in [6, 6.07) is 23.4. The van der Waals surface area contributed by atoms with Crippen LogP contribution in [0, 0.1) is 13.8 Å². The number of aromatic nitrogens is 4. The van der Waals surface area contributed by atoms with Crippen LogP contribution in [0.15, 0.2) is 89.2 Å². The smallest absolute Gasteiger partial charge is 0.338 e. The lowest BCUT2D eigenvalue weighted by Crippen LogP contribution is -2.46. The van der Waals surface area contributed by atoms with E-state index in [0.29, 0.717) is 16.4 Å². The zero-order valence-electron chi connectivity index (χ0n) is 24.3. The van der Waals surface area contributed by atoms with Gasteiger partial charge in [0.2, 0.25) is 5.16 Å². The number of thioether (sulfide) groups is 1. The van der Waals surface area contributed by atoms with Crippen molar-refractivity contribution in [2.75, 3.05) is 12.4 Å². The zero-order valence-corrected chi connectivity index (χ0v) is 25.1. The molecular weight excluding hydrogens is 560 g/mol. The van der Waals surface area contributed by atoms with E-state index in [4.69, 9.17) is 9.72 Å². The summed E-state index contributed by atoms with van der Waals surface area (Å²) in [5.41, 5.74) is 7.45. The number of nitrogens with one attached hydrogen (secondary N) is 2. The molecule has 10 heteroatoms. The summed E-state index contributed by atoms with van der Waals surface area (Å²) in [5, 5.41) is 16.2. The number of hydrogen-bond donors (Lipinski definition) is 2. The summed E-state index contributed by atoms with van der Waals surface area (Å²) in [5.74, 6) is -0.229. The molecule has 0 fully saturated rings. The van der Waals surface area contributed by atoms with Gasteiger partial charge in [-0.1, -0.05) is 84.1 Å². The van der Waals surface area contributed by atoms with E-state index in [2.05, 4.69) is 43.6 Å². The summed E-state index contributed by atoms with van der Waals surface area (Å²) in [7, 11) is 0. The summed E-state index contributed by atoms with van der Waals surface area (Å²) in [6.07, 6.45) is 0.843. The molecule has 2 amide bonds. The Balaban J connectivity index is 1.35. The molecule has 218 valence electrons. The van der Waals surface area contributed by atoms with Gasteiger partial charge in [-0.2, -0.15) is 0 Å². The monoisotopic (exact) mass is 592 g/mol. The molecule has 0 radical (unpaired) electrons. The summed E-state index contributed by atoms with van der Waals surface area (Å²) < 4.78 is 7.63. The maximum absolute atomic E-state index is 13.3. The Morgan fingerprint density at radius 2 is 1.81 bits per heavy atom. The van der Waals surface area contributed by atoms with Crippen LogP contribution < -0.4 is 10.6 Å². The molecule has 2 N–H and O–H groups in total. The third kappa shape index (κ3) is 5.83. The molecular formula is C33H32N6O3S. The molecule has 1 aliphatic heterocycles. The van der Waals surface area contributed by atoms with E-state index in [1.54, 1.807) is 6.92 Å². The fourth-order valence-electron chi connectivity index (χ4n) is 5.48. The Morgan fingerprint density at radius 3 is 2.63 bits per heavy atom. The molecule has 3 aromatic carbocycles. The van der Waals surface area contributed by atoms with Gasteiger partial charge in [0.15, 0.2) is 5.65 Å². The van der Waals surface area contributed by atoms with Crippen molar-refractivity contribution in [2.45, 2.75) is 44.9 Å². The number of para-hydroxylation sites is 1. The number of nitrogens with zero attached hydrogens (tertiary/aromatic N) is 4. The quantitative estimate of drug-likeness (QED) is 0.164. The normalized spacial score (nSPS) is 15.0. The van der Waals surface area contributed by atoms with E-state index in [1.165, 1.54) is 17.3 Å². The first-order valence-electron chi connectivity index (χ1n) is 14.3. The summed E-state index contributed by atoms with van der Waals surface area (Å²) >= 11 is 1.31. The molecule has 0 unspecified atom stereocenters. The molecule has 3 heterocycles. The van der Waals surface area contributed by atoms with E-state index in [-0.39, 0.29) is 18.4 Å². The Bertz CT molecular complexity index is 1870. The second kappa shape index (κ2) is 12.3. The fraction of sp³-hybridized carbons (Fsp3) is 0.242. The largest absolute Gasteiger partial charge is 0.463 e. The fourth-order valence-corrected chi connectivity index (χ4v) is 6.24. The van der Waals surface area contributed by atoms with Crippen LogP contribution in [0.3, 0.4) is 0 Å². The lowest BCUT2D eigenvalue weighted by Gasteiger charge is -2.30. The standard InChI is InChI=1S/C33H32N6O3S/c1-4-42-31(40)27-25(34-32(41)35-28(27)24-18-20(2)14-15-21(24)3)19-43-33-36-30-29(37-38-33)23-12-8-9-13-26(23)39(30)17-16-22-10-6-5-7-11-22/h5-15,18,28H,4,16-17,19H2,1-3H3,(H2,34,35,41)/t28-/m0/s1. The van der Waals surface area contributed by atoms with E-state index in [0.717, 1.165) is 51.7 Å². The van der Waals surface area contributed by atoms with Gasteiger partial charge < -0.3 is 19.9 Å². The molecule has 43 heavy (non-hydrogen) atoms.